The van der Waals surface area contributed by atoms with Gasteiger partial charge in [-0.1, -0.05) is 35.9 Å². The van der Waals surface area contributed by atoms with Gasteiger partial charge in [0.15, 0.2) is 0 Å². The predicted molar refractivity (Wildman–Crippen MR) is 85.6 cm³/mol. The number of nitrogen functional groups attached to an aromatic ring is 1. The number of para-hydroxylation sites is 2. The number of hydrogen-bond acceptors (Lipinski definition) is 3. The van der Waals surface area contributed by atoms with Crippen molar-refractivity contribution in [3.63, 3.8) is 0 Å². The second kappa shape index (κ2) is 5.02. The van der Waals surface area contributed by atoms with E-state index in [1.165, 1.54) is 0 Å². The van der Waals surface area contributed by atoms with Crippen LogP contribution in [-0.4, -0.2) is 4.98 Å². The summed E-state index contributed by atoms with van der Waals surface area (Å²) in [6.45, 7) is 1.98. The van der Waals surface area contributed by atoms with E-state index in [0.717, 1.165) is 28.0 Å². The van der Waals surface area contributed by atoms with E-state index in [4.69, 9.17) is 17.3 Å². The lowest BCUT2D eigenvalue weighted by atomic mass is 10.1. The van der Waals surface area contributed by atoms with Gasteiger partial charge in [0.1, 0.15) is 0 Å². The molecule has 0 unspecified atom stereocenters. The summed E-state index contributed by atoms with van der Waals surface area (Å²) in [7, 11) is 0. The summed E-state index contributed by atoms with van der Waals surface area (Å²) in [5, 5.41) is 4.94. The van der Waals surface area contributed by atoms with Crippen LogP contribution in [0.5, 0.6) is 0 Å². The fourth-order valence-corrected chi connectivity index (χ4v) is 2.31. The van der Waals surface area contributed by atoms with Gasteiger partial charge in [0.25, 0.3) is 0 Å². The summed E-state index contributed by atoms with van der Waals surface area (Å²) in [4.78, 5) is 4.59. The molecule has 0 spiro atoms. The average molecular weight is 284 g/mol. The van der Waals surface area contributed by atoms with Crippen LogP contribution in [0.4, 0.5) is 17.1 Å². The van der Waals surface area contributed by atoms with Crippen molar-refractivity contribution in [2.45, 2.75) is 6.92 Å². The van der Waals surface area contributed by atoms with Gasteiger partial charge < -0.3 is 11.1 Å². The minimum Gasteiger partial charge on any atom is -0.396 e. The van der Waals surface area contributed by atoms with Crippen molar-refractivity contribution in [3.8, 4) is 0 Å². The van der Waals surface area contributed by atoms with Gasteiger partial charge >= 0.3 is 0 Å². The van der Waals surface area contributed by atoms with Crippen LogP contribution in [0.1, 0.15) is 5.69 Å². The van der Waals surface area contributed by atoms with Crippen molar-refractivity contribution in [1.82, 2.24) is 4.98 Å². The standard InChI is InChI=1S/C16H14ClN3/c1-10-8-9-11-4-2-7-14(16(11)19-10)20-13-6-3-5-12(17)15(13)18/h2-9,20H,18H2,1H3. The summed E-state index contributed by atoms with van der Waals surface area (Å²) in [5.74, 6) is 0. The molecular weight excluding hydrogens is 270 g/mol. The monoisotopic (exact) mass is 283 g/mol. The molecule has 0 saturated carbocycles. The zero-order valence-corrected chi connectivity index (χ0v) is 11.8. The van der Waals surface area contributed by atoms with Gasteiger partial charge in [0, 0.05) is 11.1 Å². The first-order valence-corrected chi connectivity index (χ1v) is 6.70. The molecule has 1 heterocycles. The van der Waals surface area contributed by atoms with Crippen LogP contribution in [0.15, 0.2) is 48.5 Å². The first-order valence-electron chi connectivity index (χ1n) is 6.32. The number of benzene rings is 2. The number of aryl methyl sites for hydroxylation is 1. The molecule has 0 bridgehead atoms. The quantitative estimate of drug-likeness (QED) is 0.680. The molecule has 3 aromatic rings. The van der Waals surface area contributed by atoms with Crippen molar-refractivity contribution in [2.24, 2.45) is 0 Å². The SMILES string of the molecule is Cc1ccc2cccc(Nc3cccc(Cl)c3N)c2n1. The fraction of sp³-hybridized carbons (Fsp3) is 0.0625. The topological polar surface area (TPSA) is 50.9 Å². The fourth-order valence-electron chi connectivity index (χ4n) is 2.14. The lowest BCUT2D eigenvalue weighted by Gasteiger charge is -2.12. The van der Waals surface area contributed by atoms with E-state index in [2.05, 4.69) is 16.4 Å². The number of nitrogens with two attached hydrogens (primary N) is 1. The third kappa shape index (κ3) is 2.28. The number of rotatable bonds is 2. The van der Waals surface area contributed by atoms with Crippen LogP contribution in [0.2, 0.25) is 5.02 Å². The molecule has 1 aromatic heterocycles. The van der Waals surface area contributed by atoms with E-state index in [1.54, 1.807) is 6.07 Å². The molecule has 0 radical (unpaired) electrons. The largest absolute Gasteiger partial charge is 0.396 e. The predicted octanol–water partition coefficient (Wildman–Crippen LogP) is 4.52. The molecule has 20 heavy (non-hydrogen) atoms. The van der Waals surface area contributed by atoms with Gasteiger partial charge in [-0.05, 0) is 31.2 Å². The number of anilines is 3. The highest BCUT2D eigenvalue weighted by Gasteiger charge is 2.07. The number of pyridine rings is 1. The van der Waals surface area contributed by atoms with E-state index in [1.807, 2.05) is 43.3 Å². The molecule has 4 heteroatoms. The van der Waals surface area contributed by atoms with Crippen LogP contribution in [-0.2, 0) is 0 Å². The minimum absolute atomic E-state index is 0.541. The van der Waals surface area contributed by atoms with Gasteiger partial charge in [-0.3, -0.25) is 4.98 Å². The first kappa shape index (κ1) is 12.8. The molecule has 0 aliphatic carbocycles. The van der Waals surface area contributed by atoms with Gasteiger partial charge in [-0.15, -0.1) is 0 Å². The van der Waals surface area contributed by atoms with Crippen LogP contribution in [0.3, 0.4) is 0 Å². The third-order valence-electron chi connectivity index (χ3n) is 3.18. The molecule has 3 rings (SSSR count). The van der Waals surface area contributed by atoms with Crippen LogP contribution < -0.4 is 11.1 Å². The Labute approximate surface area is 122 Å². The van der Waals surface area contributed by atoms with E-state index in [0.29, 0.717) is 10.7 Å². The van der Waals surface area contributed by atoms with E-state index < -0.39 is 0 Å². The molecule has 100 valence electrons. The second-order valence-corrected chi connectivity index (χ2v) is 5.06. The Morgan fingerprint density at radius 3 is 2.60 bits per heavy atom. The molecular formula is C16H14ClN3. The maximum atomic E-state index is 6.04. The molecule has 3 nitrogen and oxygen atoms in total. The summed E-state index contributed by atoms with van der Waals surface area (Å²) in [6, 6.07) is 15.6. The number of halogens is 1. The van der Waals surface area contributed by atoms with Crippen molar-refractivity contribution in [1.29, 1.82) is 0 Å². The Hall–Kier alpha value is -2.26. The van der Waals surface area contributed by atoms with E-state index in [-0.39, 0.29) is 0 Å². The molecule has 0 atom stereocenters. The number of fused-ring (bicyclic) bond motifs is 1. The maximum Gasteiger partial charge on any atom is 0.0939 e. The Kier molecular flexibility index (Phi) is 3.20. The number of nitrogens with zero attached hydrogens (tertiary/aromatic N) is 1. The maximum absolute atomic E-state index is 6.04. The van der Waals surface area contributed by atoms with Gasteiger partial charge in [-0.25, -0.2) is 0 Å². The van der Waals surface area contributed by atoms with Gasteiger partial charge in [-0.2, -0.15) is 0 Å². The van der Waals surface area contributed by atoms with Crippen molar-refractivity contribution < 1.29 is 0 Å². The molecule has 0 aliphatic rings. The lowest BCUT2D eigenvalue weighted by molar-refractivity contribution is 1.25. The van der Waals surface area contributed by atoms with Crippen molar-refractivity contribution in [2.75, 3.05) is 11.1 Å². The Morgan fingerprint density at radius 2 is 1.75 bits per heavy atom. The number of nitrogens with one attached hydrogen (secondary N) is 1. The highest BCUT2D eigenvalue weighted by Crippen LogP contribution is 2.31. The summed E-state index contributed by atoms with van der Waals surface area (Å²) in [5.41, 5.74) is 10.1. The molecule has 0 saturated heterocycles. The lowest BCUT2D eigenvalue weighted by Crippen LogP contribution is -1.98. The number of aromatic nitrogens is 1. The van der Waals surface area contributed by atoms with Crippen LogP contribution >= 0.6 is 11.6 Å². The minimum atomic E-state index is 0.541. The summed E-state index contributed by atoms with van der Waals surface area (Å²) >= 11 is 6.04. The number of hydrogen-bond donors (Lipinski definition) is 2. The zero-order valence-electron chi connectivity index (χ0n) is 11.0. The molecule has 0 aliphatic heterocycles. The Bertz CT molecular complexity index is 784. The second-order valence-electron chi connectivity index (χ2n) is 4.66. The zero-order chi connectivity index (χ0) is 14.1. The molecule has 3 N–H and O–H groups in total. The van der Waals surface area contributed by atoms with Crippen LogP contribution in [0.25, 0.3) is 10.9 Å². The Balaban J connectivity index is 2.11. The van der Waals surface area contributed by atoms with Crippen LogP contribution in [0, 0.1) is 6.92 Å². The Morgan fingerprint density at radius 1 is 1.00 bits per heavy atom. The highest BCUT2D eigenvalue weighted by atomic mass is 35.5. The summed E-state index contributed by atoms with van der Waals surface area (Å²) < 4.78 is 0. The van der Waals surface area contributed by atoms with E-state index >= 15 is 0 Å². The molecule has 2 aromatic carbocycles. The third-order valence-corrected chi connectivity index (χ3v) is 3.51. The van der Waals surface area contributed by atoms with Gasteiger partial charge in [0.2, 0.25) is 0 Å². The van der Waals surface area contributed by atoms with Crippen molar-refractivity contribution >= 4 is 39.6 Å². The van der Waals surface area contributed by atoms with Gasteiger partial charge in [0.05, 0.1) is 27.6 Å². The average Bonchev–Trinajstić information content (AvgIpc) is 2.44. The molecule has 0 fully saturated rings. The normalized spacial score (nSPS) is 10.7. The van der Waals surface area contributed by atoms with E-state index in [9.17, 15) is 0 Å². The summed E-state index contributed by atoms with van der Waals surface area (Å²) in [6.07, 6.45) is 0. The highest BCUT2D eigenvalue weighted by molar-refractivity contribution is 6.33. The smallest absolute Gasteiger partial charge is 0.0939 e. The first-order chi connectivity index (χ1) is 9.65. The molecule has 0 amide bonds. The van der Waals surface area contributed by atoms with Crippen molar-refractivity contribution in [3.05, 3.63) is 59.2 Å².